The molecule has 80 valence electrons. The molecular weight excluding hydrogens is 254 g/mol. The van der Waals surface area contributed by atoms with Crippen molar-refractivity contribution in [3.8, 4) is 17.6 Å². The van der Waals surface area contributed by atoms with E-state index in [2.05, 4.69) is 27.8 Å². The first-order valence-electron chi connectivity index (χ1n) is 4.79. The summed E-state index contributed by atoms with van der Waals surface area (Å²) in [5.41, 5.74) is 6.68. The van der Waals surface area contributed by atoms with Crippen LogP contribution in [0.2, 0.25) is 0 Å². The molecular formula is C12H14BrNO. The maximum atomic E-state index is 5.52. The van der Waals surface area contributed by atoms with E-state index >= 15 is 0 Å². The maximum absolute atomic E-state index is 5.52. The summed E-state index contributed by atoms with van der Waals surface area (Å²) >= 11 is 3.47. The number of rotatable bonds is 4. The highest BCUT2D eigenvalue weighted by Gasteiger charge is 2.01. The van der Waals surface area contributed by atoms with Crippen LogP contribution >= 0.6 is 15.9 Å². The molecule has 15 heavy (non-hydrogen) atoms. The Morgan fingerprint density at radius 2 is 2.27 bits per heavy atom. The standard InChI is InChI=1S/C12H14BrNO/c1-2-3-8-15-11-4-5-12(13)10(9-11)6-7-14/h4-5,9H,6-8,14H2,1H3. The lowest BCUT2D eigenvalue weighted by molar-refractivity contribution is 0.369. The number of hydrogen-bond acceptors (Lipinski definition) is 2. The van der Waals surface area contributed by atoms with Crippen LogP contribution in [0.25, 0.3) is 0 Å². The van der Waals surface area contributed by atoms with Gasteiger partial charge in [-0.05, 0) is 43.7 Å². The molecule has 0 amide bonds. The quantitative estimate of drug-likeness (QED) is 0.851. The molecule has 3 heteroatoms. The van der Waals surface area contributed by atoms with E-state index in [1.54, 1.807) is 6.92 Å². The van der Waals surface area contributed by atoms with E-state index in [0.29, 0.717) is 13.2 Å². The van der Waals surface area contributed by atoms with E-state index in [4.69, 9.17) is 10.5 Å². The predicted octanol–water partition coefficient (Wildman–Crippen LogP) is 2.35. The van der Waals surface area contributed by atoms with E-state index in [9.17, 15) is 0 Å². The molecule has 0 heterocycles. The van der Waals surface area contributed by atoms with Gasteiger partial charge in [0.05, 0.1) is 0 Å². The molecule has 0 bridgehead atoms. The smallest absolute Gasteiger partial charge is 0.149 e. The Kier molecular flexibility index (Phi) is 5.23. The molecule has 0 atom stereocenters. The molecule has 0 unspecified atom stereocenters. The van der Waals surface area contributed by atoms with Gasteiger partial charge in [0.15, 0.2) is 0 Å². The molecule has 0 aliphatic rings. The van der Waals surface area contributed by atoms with Gasteiger partial charge in [-0.25, -0.2) is 0 Å². The first kappa shape index (κ1) is 12.1. The Labute approximate surface area is 98.9 Å². The average Bonchev–Trinajstić information content (AvgIpc) is 2.23. The molecule has 0 radical (unpaired) electrons. The molecule has 0 saturated heterocycles. The predicted molar refractivity (Wildman–Crippen MR) is 65.8 cm³/mol. The molecule has 0 fully saturated rings. The highest BCUT2D eigenvalue weighted by molar-refractivity contribution is 9.10. The van der Waals surface area contributed by atoms with E-state index < -0.39 is 0 Å². The van der Waals surface area contributed by atoms with Gasteiger partial charge in [0.2, 0.25) is 0 Å². The third kappa shape index (κ3) is 3.94. The molecule has 0 spiro atoms. The third-order valence-electron chi connectivity index (χ3n) is 1.92. The van der Waals surface area contributed by atoms with Crippen LogP contribution in [0.1, 0.15) is 12.5 Å². The molecule has 1 aromatic rings. The number of hydrogen-bond donors (Lipinski definition) is 1. The number of benzene rings is 1. The van der Waals surface area contributed by atoms with E-state index in [-0.39, 0.29) is 0 Å². The highest BCUT2D eigenvalue weighted by Crippen LogP contribution is 2.22. The highest BCUT2D eigenvalue weighted by atomic mass is 79.9. The summed E-state index contributed by atoms with van der Waals surface area (Å²) in [6.07, 6.45) is 0.844. The van der Waals surface area contributed by atoms with Gasteiger partial charge >= 0.3 is 0 Å². The zero-order valence-corrected chi connectivity index (χ0v) is 10.3. The summed E-state index contributed by atoms with van der Waals surface area (Å²) < 4.78 is 6.52. The van der Waals surface area contributed by atoms with Crippen molar-refractivity contribution >= 4 is 15.9 Å². The Morgan fingerprint density at radius 3 is 2.93 bits per heavy atom. The van der Waals surface area contributed by atoms with Gasteiger partial charge in [0.1, 0.15) is 12.4 Å². The first-order chi connectivity index (χ1) is 7.27. The molecule has 1 aromatic carbocycles. The van der Waals surface area contributed by atoms with Crippen LogP contribution in [0.5, 0.6) is 5.75 Å². The van der Waals surface area contributed by atoms with Crippen molar-refractivity contribution in [1.29, 1.82) is 0 Å². The summed E-state index contributed by atoms with van der Waals surface area (Å²) in [6, 6.07) is 5.88. The summed E-state index contributed by atoms with van der Waals surface area (Å²) in [6.45, 7) is 2.86. The molecule has 2 N–H and O–H groups in total. The van der Waals surface area contributed by atoms with Gasteiger partial charge in [-0.3, -0.25) is 0 Å². The van der Waals surface area contributed by atoms with Gasteiger partial charge in [0.25, 0.3) is 0 Å². The lowest BCUT2D eigenvalue weighted by Crippen LogP contribution is -2.04. The minimum atomic E-state index is 0.431. The van der Waals surface area contributed by atoms with Crippen LogP contribution in [0.3, 0.4) is 0 Å². The fraction of sp³-hybridized carbons (Fsp3) is 0.333. The SMILES string of the molecule is CC#CCOc1ccc(Br)c(CCN)c1. The minimum Gasteiger partial charge on any atom is -0.481 e. The zero-order chi connectivity index (χ0) is 11.1. The second-order valence-corrected chi connectivity index (χ2v) is 3.86. The summed E-state index contributed by atoms with van der Waals surface area (Å²) in [5.74, 6) is 6.48. The first-order valence-corrected chi connectivity index (χ1v) is 5.58. The van der Waals surface area contributed by atoms with Crippen molar-refractivity contribution in [1.82, 2.24) is 0 Å². The summed E-state index contributed by atoms with van der Waals surface area (Å²) in [4.78, 5) is 0. The average molecular weight is 268 g/mol. The third-order valence-corrected chi connectivity index (χ3v) is 2.69. The van der Waals surface area contributed by atoms with E-state index in [1.165, 1.54) is 5.56 Å². The molecule has 0 aliphatic carbocycles. The second kappa shape index (κ2) is 6.49. The van der Waals surface area contributed by atoms with E-state index in [0.717, 1.165) is 16.6 Å². The van der Waals surface area contributed by atoms with Crippen LogP contribution in [-0.4, -0.2) is 13.2 Å². The van der Waals surface area contributed by atoms with Gasteiger partial charge in [0, 0.05) is 4.47 Å². The Bertz CT molecular complexity index is 379. The Balaban J connectivity index is 2.71. The fourth-order valence-corrected chi connectivity index (χ4v) is 1.62. The maximum Gasteiger partial charge on any atom is 0.149 e. The van der Waals surface area contributed by atoms with Gasteiger partial charge < -0.3 is 10.5 Å². The number of nitrogens with two attached hydrogens (primary N) is 1. The summed E-state index contributed by atoms with van der Waals surface area (Å²) in [7, 11) is 0. The van der Waals surface area contributed by atoms with Crippen molar-refractivity contribution < 1.29 is 4.74 Å². The molecule has 0 aromatic heterocycles. The van der Waals surface area contributed by atoms with Crippen LogP contribution < -0.4 is 10.5 Å². The van der Waals surface area contributed by atoms with Crippen LogP contribution in [0.4, 0.5) is 0 Å². The topological polar surface area (TPSA) is 35.2 Å². The monoisotopic (exact) mass is 267 g/mol. The van der Waals surface area contributed by atoms with Gasteiger partial charge in [-0.2, -0.15) is 0 Å². The lowest BCUT2D eigenvalue weighted by Gasteiger charge is -2.06. The van der Waals surface area contributed by atoms with Crippen LogP contribution in [-0.2, 0) is 6.42 Å². The molecule has 2 nitrogen and oxygen atoms in total. The van der Waals surface area contributed by atoms with Crippen molar-refractivity contribution in [2.75, 3.05) is 13.2 Å². The molecule has 1 rings (SSSR count). The summed E-state index contributed by atoms with van der Waals surface area (Å²) in [5, 5.41) is 0. The number of ether oxygens (including phenoxy) is 1. The number of halogens is 1. The normalized spacial score (nSPS) is 9.27. The van der Waals surface area contributed by atoms with Gasteiger partial charge in [-0.1, -0.05) is 21.9 Å². The molecule has 0 saturated carbocycles. The van der Waals surface area contributed by atoms with Crippen LogP contribution in [0, 0.1) is 11.8 Å². The Hall–Kier alpha value is -0.980. The molecule has 0 aliphatic heterocycles. The zero-order valence-electron chi connectivity index (χ0n) is 8.72. The second-order valence-electron chi connectivity index (χ2n) is 3.01. The van der Waals surface area contributed by atoms with Gasteiger partial charge in [-0.15, -0.1) is 5.92 Å². The van der Waals surface area contributed by atoms with E-state index in [1.807, 2.05) is 18.2 Å². The fourth-order valence-electron chi connectivity index (χ4n) is 1.18. The van der Waals surface area contributed by atoms with Crippen molar-refractivity contribution in [3.05, 3.63) is 28.2 Å². The van der Waals surface area contributed by atoms with Crippen LogP contribution in [0.15, 0.2) is 22.7 Å². The van der Waals surface area contributed by atoms with Crippen molar-refractivity contribution in [2.24, 2.45) is 5.73 Å². The Morgan fingerprint density at radius 1 is 1.47 bits per heavy atom. The largest absolute Gasteiger partial charge is 0.481 e. The lowest BCUT2D eigenvalue weighted by atomic mass is 10.1. The van der Waals surface area contributed by atoms with Crippen molar-refractivity contribution in [2.45, 2.75) is 13.3 Å². The minimum absolute atomic E-state index is 0.431. The van der Waals surface area contributed by atoms with Crippen molar-refractivity contribution in [3.63, 3.8) is 0 Å².